The van der Waals surface area contributed by atoms with Gasteiger partial charge in [-0.3, -0.25) is 0 Å². The zero-order valence-electron chi connectivity index (χ0n) is 10.3. The largest absolute Gasteiger partial charge is 0.393 e. The van der Waals surface area contributed by atoms with Crippen LogP contribution in [0.3, 0.4) is 0 Å². The minimum atomic E-state index is -0.225. The van der Waals surface area contributed by atoms with Crippen LogP contribution in [-0.4, -0.2) is 51.0 Å². The highest BCUT2D eigenvalue weighted by Crippen LogP contribution is 2.19. The Morgan fingerprint density at radius 1 is 1.35 bits per heavy atom. The van der Waals surface area contributed by atoms with Gasteiger partial charge in [-0.25, -0.2) is 9.67 Å². The molecule has 0 saturated carbocycles. The zero-order chi connectivity index (χ0) is 11.8. The van der Waals surface area contributed by atoms with E-state index in [9.17, 15) is 5.11 Å². The summed E-state index contributed by atoms with van der Waals surface area (Å²) < 4.78 is 1.97. The van der Waals surface area contributed by atoms with Crippen molar-refractivity contribution < 1.29 is 5.11 Å². The van der Waals surface area contributed by atoms with Crippen LogP contribution in [0.2, 0.25) is 0 Å². The first-order valence-corrected chi connectivity index (χ1v) is 6.50. The molecule has 1 N–H and O–H groups in total. The molecule has 2 unspecified atom stereocenters. The highest BCUT2D eigenvalue weighted by Gasteiger charge is 2.24. The molecule has 0 radical (unpaired) electrons. The number of aryl methyl sites for hydroxylation is 1. The lowest BCUT2D eigenvalue weighted by atomic mass is 10.1. The van der Waals surface area contributed by atoms with Gasteiger partial charge in [0.25, 0.3) is 0 Å². The zero-order valence-corrected chi connectivity index (χ0v) is 10.3. The van der Waals surface area contributed by atoms with Crippen molar-refractivity contribution >= 4 is 0 Å². The molecule has 3 rings (SSSR count). The number of hydrogen-bond donors (Lipinski definition) is 1. The van der Waals surface area contributed by atoms with Crippen LogP contribution in [0.25, 0.3) is 0 Å². The fraction of sp³-hybridized carbons (Fsp3) is 0.833. The molecule has 1 aromatic heterocycles. The van der Waals surface area contributed by atoms with Crippen LogP contribution >= 0.6 is 0 Å². The summed E-state index contributed by atoms with van der Waals surface area (Å²) in [5, 5.41) is 14.1. The number of fused-ring (bicyclic) bond motifs is 1. The Balaban J connectivity index is 1.68. The van der Waals surface area contributed by atoms with Gasteiger partial charge < -0.3 is 10.0 Å². The van der Waals surface area contributed by atoms with Crippen molar-refractivity contribution in [1.29, 1.82) is 0 Å². The minimum absolute atomic E-state index is 0.225. The molecule has 0 amide bonds. The van der Waals surface area contributed by atoms with Crippen LogP contribution < -0.4 is 0 Å². The predicted octanol–water partition coefficient (Wildman–Crippen LogP) is 0.0794. The molecular weight excluding hydrogens is 216 g/mol. The Labute approximate surface area is 101 Å². The molecule has 17 heavy (non-hydrogen) atoms. The summed E-state index contributed by atoms with van der Waals surface area (Å²) >= 11 is 0. The van der Waals surface area contributed by atoms with E-state index in [-0.39, 0.29) is 6.10 Å². The number of hydrogen-bond acceptors (Lipinski definition) is 4. The van der Waals surface area contributed by atoms with E-state index in [1.54, 1.807) is 0 Å². The van der Waals surface area contributed by atoms with Crippen molar-refractivity contribution in [3.05, 3.63) is 11.6 Å². The number of rotatable bonds is 2. The predicted molar refractivity (Wildman–Crippen MR) is 63.7 cm³/mol. The Kier molecular flexibility index (Phi) is 2.88. The normalized spacial score (nSPS) is 29.5. The van der Waals surface area contributed by atoms with E-state index >= 15 is 0 Å². The van der Waals surface area contributed by atoms with Crippen molar-refractivity contribution in [3.8, 4) is 0 Å². The Hall–Kier alpha value is -0.940. The first-order valence-electron chi connectivity index (χ1n) is 6.50. The quantitative estimate of drug-likeness (QED) is 0.790. The van der Waals surface area contributed by atoms with Crippen LogP contribution in [0.1, 0.15) is 24.5 Å². The molecule has 0 spiro atoms. The maximum atomic E-state index is 9.60. The van der Waals surface area contributed by atoms with Crippen LogP contribution in [0.4, 0.5) is 0 Å². The molecule has 94 valence electrons. The molecule has 0 aromatic carbocycles. The van der Waals surface area contributed by atoms with E-state index in [2.05, 4.69) is 22.0 Å². The van der Waals surface area contributed by atoms with Gasteiger partial charge in [0.15, 0.2) is 5.82 Å². The summed E-state index contributed by atoms with van der Waals surface area (Å²) in [5.74, 6) is 2.63. The summed E-state index contributed by atoms with van der Waals surface area (Å²) in [5.41, 5.74) is 0. The average Bonchev–Trinajstić information content (AvgIpc) is 2.84. The lowest BCUT2D eigenvalue weighted by Gasteiger charge is -2.16. The summed E-state index contributed by atoms with van der Waals surface area (Å²) in [7, 11) is 2.17. The first-order chi connectivity index (χ1) is 8.20. The third-order valence-corrected chi connectivity index (χ3v) is 3.84. The van der Waals surface area contributed by atoms with E-state index in [1.807, 2.05) is 4.68 Å². The van der Waals surface area contributed by atoms with Gasteiger partial charge >= 0.3 is 0 Å². The average molecular weight is 236 g/mol. The lowest BCUT2D eigenvalue weighted by molar-refractivity contribution is 0.138. The van der Waals surface area contributed by atoms with Crippen LogP contribution in [0.5, 0.6) is 0 Å². The topological polar surface area (TPSA) is 54.2 Å². The molecular formula is C12H20N4O. The number of aromatic nitrogens is 3. The maximum Gasteiger partial charge on any atom is 0.151 e. The van der Waals surface area contributed by atoms with E-state index < -0.39 is 0 Å². The summed E-state index contributed by atoms with van der Waals surface area (Å²) in [6.07, 6.45) is 3.49. The third kappa shape index (κ3) is 2.35. The smallest absolute Gasteiger partial charge is 0.151 e. The van der Waals surface area contributed by atoms with Crippen LogP contribution in [-0.2, 0) is 19.4 Å². The third-order valence-electron chi connectivity index (χ3n) is 3.84. The second kappa shape index (κ2) is 4.38. The van der Waals surface area contributed by atoms with Gasteiger partial charge in [0.1, 0.15) is 5.82 Å². The van der Waals surface area contributed by atoms with E-state index in [0.717, 1.165) is 37.6 Å². The SMILES string of the molecule is CN1CCC(Cc2nc3n(n2)CCC(O)C3)C1. The summed E-state index contributed by atoms with van der Waals surface area (Å²) in [6, 6.07) is 0. The van der Waals surface area contributed by atoms with E-state index in [4.69, 9.17) is 0 Å². The first kappa shape index (κ1) is 11.2. The van der Waals surface area contributed by atoms with Gasteiger partial charge in [-0.15, -0.1) is 0 Å². The van der Waals surface area contributed by atoms with E-state index in [0.29, 0.717) is 12.3 Å². The molecule has 3 heterocycles. The maximum absolute atomic E-state index is 9.60. The van der Waals surface area contributed by atoms with Crippen molar-refractivity contribution in [2.24, 2.45) is 5.92 Å². The molecule has 5 heteroatoms. The Morgan fingerprint density at radius 3 is 3.00 bits per heavy atom. The Morgan fingerprint density at radius 2 is 2.24 bits per heavy atom. The Bertz CT molecular complexity index is 403. The highest BCUT2D eigenvalue weighted by atomic mass is 16.3. The van der Waals surface area contributed by atoms with Crippen LogP contribution in [0.15, 0.2) is 0 Å². The second-order valence-corrected chi connectivity index (χ2v) is 5.44. The number of aliphatic hydroxyl groups is 1. The minimum Gasteiger partial charge on any atom is -0.393 e. The van der Waals surface area contributed by atoms with Gasteiger partial charge in [0, 0.05) is 25.9 Å². The molecule has 5 nitrogen and oxygen atoms in total. The summed E-state index contributed by atoms with van der Waals surface area (Å²) in [6.45, 7) is 3.16. The molecule has 2 aliphatic rings. The van der Waals surface area contributed by atoms with Gasteiger partial charge in [0.05, 0.1) is 6.10 Å². The summed E-state index contributed by atoms with van der Waals surface area (Å²) in [4.78, 5) is 6.93. The lowest BCUT2D eigenvalue weighted by Crippen LogP contribution is -2.23. The molecule has 1 saturated heterocycles. The molecule has 0 aliphatic carbocycles. The van der Waals surface area contributed by atoms with Crippen LogP contribution in [0, 0.1) is 5.92 Å². The molecule has 2 aliphatic heterocycles. The van der Waals surface area contributed by atoms with Crippen molar-refractivity contribution in [2.75, 3.05) is 20.1 Å². The molecule has 1 aromatic rings. The molecule has 0 bridgehead atoms. The van der Waals surface area contributed by atoms with E-state index in [1.165, 1.54) is 13.0 Å². The number of aliphatic hydroxyl groups excluding tert-OH is 1. The van der Waals surface area contributed by atoms with Gasteiger partial charge in [-0.1, -0.05) is 0 Å². The molecule has 1 fully saturated rings. The van der Waals surface area contributed by atoms with Gasteiger partial charge in [-0.2, -0.15) is 5.10 Å². The van der Waals surface area contributed by atoms with Crippen molar-refractivity contribution in [2.45, 2.75) is 38.3 Å². The van der Waals surface area contributed by atoms with Crippen molar-refractivity contribution in [3.63, 3.8) is 0 Å². The molecule has 2 atom stereocenters. The fourth-order valence-corrected chi connectivity index (χ4v) is 2.88. The monoisotopic (exact) mass is 236 g/mol. The standard InChI is InChI=1S/C12H20N4O/c1-15-4-2-9(8-15)6-11-13-12-7-10(17)3-5-16(12)14-11/h9-10,17H,2-8H2,1H3. The number of nitrogens with zero attached hydrogens (tertiary/aromatic N) is 4. The highest BCUT2D eigenvalue weighted by molar-refractivity contribution is 4.99. The fourth-order valence-electron chi connectivity index (χ4n) is 2.88. The van der Waals surface area contributed by atoms with Gasteiger partial charge in [-0.05, 0) is 32.4 Å². The second-order valence-electron chi connectivity index (χ2n) is 5.44. The van der Waals surface area contributed by atoms with Crippen molar-refractivity contribution in [1.82, 2.24) is 19.7 Å². The van der Waals surface area contributed by atoms with Gasteiger partial charge in [0.2, 0.25) is 0 Å². The number of likely N-dealkylation sites (tertiary alicyclic amines) is 1.